The Labute approximate surface area is 181 Å². The van der Waals surface area contributed by atoms with Gasteiger partial charge in [-0.1, -0.05) is 55.8 Å². The fraction of sp³-hybridized carbons (Fsp3) is 0.185. The van der Waals surface area contributed by atoms with Crippen molar-refractivity contribution in [1.82, 2.24) is 0 Å². The van der Waals surface area contributed by atoms with E-state index in [0.717, 1.165) is 23.1 Å². The number of carboxylic acid groups (broad SMARTS) is 1. The van der Waals surface area contributed by atoms with E-state index in [0.29, 0.717) is 11.3 Å². The molecule has 3 aromatic carbocycles. The Morgan fingerprint density at radius 3 is 2.19 bits per heavy atom. The highest BCUT2D eigenvalue weighted by Crippen LogP contribution is 2.41. The summed E-state index contributed by atoms with van der Waals surface area (Å²) in [6.07, 6.45) is 3.16. The topological polar surface area (TPSA) is 63.6 Å². The predicted molar refractivity (Wildman–Crippen MR) is 121 cm³/mol. The van der Waals surface area contributed by atoms with Crippen LogP contribution in [0.4, 0.5) is 0 Å². The van der Waals surface area contributed by atoms with Gasteiger partial charge >= 0.3 is 11.9 Å². The van der Waals surface area contributed by atoms with Crippen LogP contribution in [0, 0.1) is 6.92 Å². The van der Waals surface area contributed by atoms with Crippen molar-refractivity contribution in [1.29, 1.82) is 0 Å². The number of carboxylic acids is 1. The lowest BCUT2D eigenvalue weighted by Gasteiger charge is -2.32. The number of carbonyl (C=O) groups excluding carboxylic acids is 1. The summed E-state index contributed by atoms with van der Waals surface area (Å²) in [7, 11) is 0. The molecule has 3 aromatic rings. The number of esters is 1. The maximum atomic E-state index is 12.8. The fourth-order valence-electron chi connectivity index (χ4n) is 3.90. The van der Waals surface area contributed by atoms with Gasteiger partial charge in [0.25, 0.3) is 0 Å². The summed E-state index contributed by atoms with van der Waals surface area (Å²) in [6.45, 7) is 6.47. The zero-order valence-corrected chi connectivity index (χ0v) is 17.8. The molecule has 156 valence electrons. The third-order valence-corrected chi connectivity index (χ3v) is 5.77. The van der Waals surface area contributed by atoms with E-state index in [4.69, 9.17) is 9.84 Å². The summed E-state index contributed by atoms with van der Waals surface area (Å²) in [5.74, 6) is -1.19. The minimum atomic E-state index is -1.02. The Bertz CT molecular complexity index is 1180. The Morgan fingerprint density at radius 1 is 0.903 bits per heavy atom. The highest BCUT2D eigenvalue weighted by molar-refractivity contribution is 5.94. The van der Waals surface area contributed by atoms with E-state index < -0.39 is 11.9 Å². The molecular weight excluding hydrogens is 388 g/mol. The van der Waals surface area contributed by atoms with E-state index in [1.165, 1.54) is 35.4 Å². The molecule has 0 aliphatic heterocycles. The van der Waals surface area contributed by atoms with Crippen molar-refractivity contribution >= 4 is 17.5 Å². The van der Waals surface area contributed by atoms with E-state index in [9.17, 15) is 9.59 Å². The van der Waals surface area contributed by atoms with E-state index in [1.807, 2.05) is 12.1 Å². The van der Waals surface area contributed by atoms with Gasteiger partial charge in [0.2, 0.25) is 0 Å². The largest absolute Gasteiger partial charge is 0.478 e. The molecule has 0 aromatic heterocycles. The lowest BCUT2D eigenvalue weighted by Crippen LogP contribution is -2.22. The molecule has 0 amide bonds. The van der Waals surface area contributed by atoms with E-state index >= 15 is 0 Å². The molecule has 1 aliphatic carbocycles. The number of ether oxygens (including phenoxy) is 1. The molecule has 4 rings (SSSR count). The molecule has 0 bridgehead atoms. The second kappa shape index (κ2) is 7.88. The van der Waals surface area contributed by atoms with Crippen LogP contribution in [-0.2, 0) is 5.41 Å². The molecule has 0 heterocycles. The maximum Gasteiger partial charge on any atom is 0.343 e. The summed E-state index contributed by atoms with van der Waals surface area (Å²) in [6, 6.07) is 19.9. The maximum absolute atomic E-state index is 12.8. The van der Waals surface area contributed by atoms with Gasteiger partial charge in [-0.3, -0.25) is 0 Å². The lowest BCUT2D eigenvalue weighted by atomic mass is 9.72. The molecule has 4 nitrogen and oxygen atoms in total. The first-order valence-corrected chi connectivity index (χ1v) is 10.2. The zero-order chi connectivity index (χ0) is 22.2. The van der Waals surface area contributed by atoms with Crippen LogP contribution < -0.4 is 4.74 Å². The van der Waals surface area contributed by atoms with Gasteiger partial charge in [0.1, 0.15) is 5.75 Å². The van der Waals surface area contributed by atoms with Crippen LogP contribution in [0.25, 0.3) is 5.57 Å². The van der Waals surface area contributed by atoms with E-state index in [1.54, 1.807) is 6.07 Å². The molecule has 1 aliphatic rings. The summed E-state index contributed by atoms with van der Waals surface area (Å²) in [4.78, 5) is 23.8. The molecule has 0 atom stereocenters. The number of rotatable bonds is 4. The molecule has 0 saturated heterocycles. The number of fused-ring (bicyclic) bond motifs is 1. The first-order chi connectivity index (χ1) is 14.7. The van der Waals surface area contributed by atoms with Gasteiger partial charge in [0.05, 0.1) is 11.1 Å². The Balaban J connectivity index is 1.67. The van der Waals surface area contributed by atoms with Crippen molar-refractivity contribution in [2.45, 2.75) is 32.6 Å². The normalized spacial score (nSPS) is 14.4. The Morgan fingerprint density at radius 2 is 1.55 bits per heavy atom. The van der Waals surface area contributed by atoms with Crippen molar-refractivity contribution in [3.63, 3.8) is 0 Å². The number of aryl methyl sites for hydroxylation is 1. The smallest absolute Gasteiger partial charge is 0.343 e. The standard InChI is InChI=1S/C27H24O4/c1-17-4-6-18(7-5-17)22-14-15-27(2,3)24-13-10-20(16-23(22)24)26(30)31-21-11-8-19(9-12-21)25(28)29/h4-14,16H,15H2,1-3H3,(H,28,29). The number of allylic oxidation sites excluding steroid dienone is 1. The van der Waals surface area contributed by atoms with E-state index in [-0.39, 0.29) is 11.0 Å². The molecule has 0 fully saturated rings. The minimum Gasteiger partial charge on any atom is -0.478 e. The van der Waals surface area contributed by atoms with Crippen molar-refractivity contribution in [2.24, 2.45) is 0 Å². The Kier molecular flexibility index (Phi) is 5.24. The van der Waals surface area contributed by atoms with Crippen LogP contribution in [0.15, 0.2) is 72.8 Å². The van der Waals surface area contributed by atoms with Crippen LogP contribution in [-0.4, -0.2) is 17.0 Å². The number of carbonyl (C=O) groups is 2. The van der Waals surface area contributed by atoms with Crippen LogP contribution in [0.1, 0.15) is 63.2 Å². The predicted octanol–water partition coefficient (Wildman–Crippen LogP) is 6.03. The molecule has 0 saturated carbocycles. The van der Waals surface area contributed by atoms with Crippen molar-refractivity contribution < 1.29 is 19.4 Å². The molecule has 0 unspecified atom stereocenters. The zero-order valence-electron chi connectivity index (χ0n) is 17.8. The SMILES string of the molecule is Cc1ccc(C2=CCC(C)(C)c3ccc(C(=O)Oc4ccc(C(=O)O)cc4)cc32)cc1. The average Bonchev–Trinajstić information content (AvgIpc) is 2.75. The van der Waals surface area contributed by atoms with Crippen LogP contribution in [0.3, 0.4) is 0 Å². The van der Waals surface area contributed by atoms with Gasteiger partial charge in [-0.05, 0) is 77.4 Å². The first kappa shape index (κ1) is 20.6. The Hall–Kier alpha value is -3.66. The summed E-state index contributed by atoms with van der Waals surface area (Å²) in [5.41, 5.74) is 6.25. The van der Waals surface area contributed by atoms with Gasteiger partial charge in [-0.2, -0.15) is 0 Å². The molecule has 0 radical (unpaired) electrons. The van der Waals surface area contributed by atoms with Crippen molar-refractivity contribution in [2.75, 3.05) is 0 Å². The van der Waals surface area contributed by atoms with Gasteiger partial charge < -0.3 is 9.84 Å². The number of hydrogen-bond acceptors (Lipinski definition) is 3. The first-order valence-electron chi connectivity index (χ1n) is 10.2. The monoisotopic (exact) mass is 412 g/mol. The van der Waals surface area contributed by atoms with Gasteiger partial charge in [0.15, 0.2) is 0 Å². The average molecular weight is 412 g/mol. The van der Waals surface area contributed by atoms with E-state index in [2.05, 4.69) is 51.1 Å². The molecule has 0 spiro atoms. The number of aromatic carboxylic acids is 1. The van der Waals surface area contributed by atoms with Gasteiger partial charge in [0, 0.05) is 0 Å². The molecule has 31 heavy (non-hydrogen) atoms. The fourth-order valence-corrected chi connectivity index (χ4v) is 3.90. The van der Waals surface area contributed by atoms with Crippen LogP contribution >= 0.6 is 0 Å². The number of benzene rings is 3. The second-order valence-corrected chi connectivity index (χ2v) is 8.55. The molecule has 4 heteroatoms. The van der Waals surface area contributed by atoms with Crippen molar-refractivity contribution in [3.05, 3.63) is 106 Å². The molecular formula is C27H24O4. The third kappa shape index (κ3) is 4.15. The minimum absolute atomic E-state index is 0.0291. The number of hydrogen-bond donors (Lipinski definition) is 1. The summed E-state index contributed by atoms with van der Waals surface area (Å²) >= 11 is 0. The highest BCUT2D eigenvalue weighted by atomic mass is 16.5. The van der Waals surface area contributed by atoms with Crippen LogP contribution in [0.2, 0.25) is 0 Å². The van der Waals surface area contributed by atoms with Crippen molar-refractivity contribution in [3.8, 4) is 5.75 Å². The lowest BCUT2D eigenvalue weighted by molar-refractivity contribution is 0.0696. The quantitative estimate of drug-likeness (QED) is 0.420. The highest BCUT2D eigenvalue weighted by Gasteiger charge is 2.29. The van der Waals surface area contributed by atoms with Gasteiger partial charge in [-0.15, -0.1) is 0 Å². The second-order valence-electron chi connectivity index (χ2n) is 8.55. The summed E-state index contributed by atoms with van der Waals surface area (Å²) < 4.78 is 5.48. The molecule has 1 N–H and O–H groups in total. The summed E-state index contributed by atoms with van der Waals surface area (Å²) in [5, 5.41) is 9.01. The van der Waals surface area contributed by atoms with Crippen LogP contribution in [0.5, 0.6) is 5.75 Å². The third-order valence-electron chi connectivity index (χ3n) is 5.77. The van der Waals surface area contributed by atoms with Gasteiger partial charge in [-0.25, -0.2) is 9.59 Å².